The van der Waals surface area contributed by atoms with Crippen LogP contribution in [-0.2, 0) is 11.2 Å². The Labute approximate surface area is 151 Å². The molecular formula is C20H20N2O4. The van der Waals surface area contributed by atoms with Gasteiger partial charge in [-0.15, -0.1) is 0 Å². The SMILES string of the molecule is CCCN1C(=O)CCc2cc(NC(=O)c3ccc4c(c3)OCO4)ccc21. The molecule has 0 radical (unpaired) electrons. The number of amides is 2. The summed E-state index contributed by atoms with van der Waals surface area (Å²) >= 11 is 0. The molecule has 0 unspecified atom stereocenters. The predicted molar refractivity (Wildman–Crippen MR) is 97.9 cm³/mol. The van der Waals surface area contributed by atoms with E-state index in [1.807, 2.05) is 23.1 Å². The Bertz CT molecular complexity index is 878. The number of nitrogens with zero attached hydrogens (tertiary/aromatic N) is 1. The second-order valence-electron chi connectivity index (χ2n) is 6.41. The number of hydrogen-bond donors (Lipinski definition) is 1. The number of carbonyl (C=O) groups is 2. The van der Waals surface area contributed by atoms with Crippen LogP contribution in [0.5, 0.6) is 11.5 Å². The molecule has 2 heterocycles. The van der Waals surface area contributed by atoms with Gasteiger partial charge in [-0.25, -0.2) is 0 Å². The number of hydrogen-bond acceptors (Lipinski definition) is 4. The first kappa shape index (κ1) is 16.4. The Morgan fingerprint density at radius 2 is 1.96 bits per heavy atom. The molecule has 26 heavy (non-hydrogen) atoms. The van der Waals surface area contributed by atoms with Crippen molar-refractivity contribution in [1.29, 1.82) is 0 Å². The summed E-state index contributed by atoms with van der Waals surface area (Å²) in [6.45, 7) is 2.95. The summed E-state index contributed by atoms with van der Waals surface area (Å²) < 4.78 is 10.6. The molecule has 2 aromatic rings. The van der Waals surface area contributed by atoms with Gasteiger partial charge in [-0.05, 0) is 54.8 Å². The monoisotopic (exact) mass is 352 g/mol. The van der Waals surface area contributed by atoms with Crippen LogP contribution in [0.25, 0.3) is 0 Å². The number of nitrogens with one attached hydrogen (secondary N) is 1. The summed E-state index contributed by atoms with van der Waals surface area (Å²) in [5.41, 5.74) is 3.26. The van der Waals surface area contributed by atoms with E-state index in [4.69, 9.17) is 9.47 Å². The molecule has 0 saturated carbocycles. The highest BCUT2D eigenvalue weighted by molar-refractivity contribution is 6.05. The van der Waals surface area contributed by atoms with Crippen LogP contribution in [-0.4, -0.2) is 25.2 Å². The third kappa shape index (κ3) is 2.98. The Kier molecular flexibility index (Phi) is 4.24. The summed E-state index contributed by atoms with van der Waals surface area (Å²) in [6.07, 6.45) is 2.11. The molecule has 0 spiro atoms. The number of anilines is 2. The van der Waals surface area contributed by atoms with E-state index in [9.17, 15) is 9.59 Å². The van der Waals surface area contributed by atoms with Crippen LogP contribution in [0.2, 0.25) is 0 Å². The van der Waals surface area contributed by atoms with Crippen LogP contribution in [0.3, 0.4) is 0 Å². The molecule has 134 valence electrons. The Morgan fingerprint density at radius 1 is 1.12 bits per heavy atom. The number of fused-ring (bicyclic) bond motifs is 2. The normalized spacial score (nSPS) is 15.0. The molecule has 0 atom stereocenters. The first-order valence-corrected chi connectivity index (χ1v) is 8.80. The van der Waals surface area contributed by atoms with Crippen molar-refractivity contribution in [3.8, 4) is 11.5 Å². The van der Waals surface area contributed by atoms with Crippen molar-refractivity contribution in [2.75, 3.05) is 23.6 Å². The van der Waals surface area contributed by atoms with Crippen LogP contribution in [0.1, 0.15) is 35.7 Å². The summed E-state index contributed by atoms with van der Waals surface area (Å²) in [4.78, 5) is 26.5. The van der Waals surface area contributed by atoms with Crippen LogP contribution < -0.4 is 19.7 Å². The van der Waals surface area contributed by atoms with Gasteiger partial charge >= 0.3 is 0 Å². The van der Waals surface area contributed by atoms with Gasteiger partial charge < -0.3 is 19.7 Å². The molecule has 2 aliphatic heterocycles. The van der Waals surface area contributed by atoms with Gasteiger partial charge in [-0.3, -0.25) is 9.59 Å². The lowest BCUT2D eigenvalue weighted by molar-refractivity contribution is -0.118. The van der Waals surface area contributed by atoms with Crippen molar-refractivity contribution >= 4 is 23.2 Å². The number of carbonyl (C=O) groups excluding carboxylic acids is 2. The van der Waals surface area contributed by atoms with Gasteiger partial charge in [0.1, 0.15) is 0 Å². The largest absolute Gasteiger partial charge is 0.454 e. The van der Waals surface area contributed by atoms with Gasteiger partial charge in [0.25, 0.3) is 5.91 Å². The first-order valence-electron chi connectivity index (χ1n) is 8.80. The fourth-order valence-electron chi connectivity index (χ4n) is 3.35. The lowest BCUT2D eigenvalue weighted by Crippen LogP contribution is -2.35. The molecule has 6 nitrogen and oxygen atoms in total. The van der Waals surface area contributed by atoms with Gasteiger partial charge in [0.05, 0.1) is 0 Å². The molecular weight excluding hydrogens is 332 g/mol. The number of rotatable bonds is 4. The second-order valence-corrected chi connectivity index (χ2v) is 6.41. The van der Waals surface area contributed by atoms with Crippen molar-refractivity contribution in [2.45, 2.75) is 26.2 Å². The minimum atomic E-state index is -0.208. The van der Waals surface area contributed by atoms with Crippen LogP contribution >= 0.6 is 0 Å². The molecule has 1 N–H and O–H groups in total. The highest BCUT2D eigenvalue weighted by Crippen LogP contribution is 2.33. The Balaban J connectivity index is 1.54. The zero-order chi connectivity index (χ0) is 18.1. The predicted octanol–water partition coefficient (Wildman–Crippen LogP) is 3.36. The lowest BCUT2D eigenvalue weighted by Gasteiger charge is -2.29. The zero-order valence-electron chi connectivity index (χ0n) is 14.6. The molecule has 0 aromatic heterocycles. The molecule has 2 amide bonds. The maximum absolute atomic E-state index is 12.5. The highest BCUT2D eigenvalue weighted by Gasteiger charge is 2.24. The number of benzene rings is 2. The fraction of sp³-hybridized carbons (Fsp3) is 0.300. The van der Waals surface area contributed by atoms with E-state index in [-0.39, 0.29) is 18.6 Å². The van der Waals surface area contributed by atoms with Gasteiger partial charge in [0, 0.05) is 29.9 Å². The minimum Gasteiger partial charge on any atom is -0.454 e. The number of aryl methyl sites for hydroxylation is 1. The van der Waals surface area contributed by atoms with Crippen LogP contribution in [0.4, 0.5) is 11.4 Å². The topological polar surface area (TPSA) is 67.9 Å². The van der Waals surface area contributed by atoms with E-state index in [1.165, 1.54) is 0 Å². The number of ether oxygens (including phenoxy) is 2. The van der Waals surface area contributed by atoms with Crippen molar-refractivity contribution in [3.63, 3.8) is 0 Å². The van der Waals surface area contributed by atoms with E-state index in [2.05, 4.69) is 12.2 Å². The first-order chi connectivity index (χ1) is 12.7. The molecule has 2 aromatic carbocycles. The van der Waals surface area contributed by atoms with E-state index in [0.717, 1.165) is 23.4 Å². The average Bonchev–Trinajstić information content (AvgIpc) is 3.12. The second kappa shape index (κ2) is 6.71. The maximum Gasteiger partial charge on any atom is 0.255 e. The zero-order valence-corrected chi connectivity index (χ0v) is 14.6. The maximum atomic E-state index is 12.5. The molecule has 4 rings (SSSR count). The van der Waals surface area contributed by atoms with Gasteiger partial charge in [-0.1, -0.05) is 6.92 Å². The fourth-order valence-corrected chi connectivity index (χ4v) is 3.35. The third-order valence-electron chi connectivity index (χ3n) is 4.62. The molecule has 0 bridgehead atoms. The Morgan fingerprint density at radius 3 is 2.81 bits per heavy atom. The van der Waals surface area contributed by atoms with Crippen molar-refractivity contribution in [1.82, 2.24) is 0 Å². The standard InChI is InChI=1S/C20H20N2O4/c1-2-9-22-16-6-5-15(10-13(16)4-8-19(22)23)21-20(24)14-3-7-17-18(11-14)26-12-25-17/h3,5-7,10-11H,2,4,8-9,12H2,1H3,(H,21,24). The molecule has 2 aliphatic rings. The average molecular weight is 352 g/mol. The summed E-state index contributed by atoms with van der Waals surface area (Å²) in [6, 6.07) is 10.8. The van der Waals surface area contributed by atoms with E-state index in [0.29, 0.717) is 36.4 Å². The molecule has 0 saturated heterocycles. The van der Waals surface area contributed by atoms with Crippen molar-refractivity contribution in [2.24, 2.45) is 0 Å². The summed E-state index contributed by atoms with van der Waals surface area (Å²) in [7, 11) is 0. The van der Waals surface area contributed by atoms with Crippen LogP contribution in [0, 0.1) is 0 Å². The summed E-state index contributed by atoms with van der Waals surface area (Å²) in [5, 5.41) is 2.92. The van der Waals surface area contributed by atoms with Gasteiger partial charge in [-0.2, -0.15) is 0 Å². The Hall–Kier alpha value is -3.02. The van der Waals surface area contributed by atoms with Crippen molar-refractivity contribution in [3.05, 3.63) is 47.5 Å². The highest BCUT2D eigenvalue weighted by atomic mass is 16.7. The van der Waals surface area contributed by atoms with Crippen LogP contribution in [0.15, 0.2) is 36.4 Å². The van der Waals surface area contributed by atoms with E-state index < -0.39 is 0 Å². The van der Waals surface area contributed by atoms with E-state index >= 15 is 0 Å². The summed E-state index contributed by atoms with van der Waals surface area (Å²) in [5.74, 6) is 1.19. The molecule has 6 heteroatoms. The third-order valence-corrected chi connectivity index (χ3v) is 4.62. The molecule has 0 aliphatic carbocycles. The van der Waals surface area contributed by atoms with Gasteiger partial charge in [0.2, 0.25) is 12.7 Å². The van der Waals surface area contributed by atoms with Crippen molar-refractivity contribution < 1.29 is 19.1 Å². The lowest BCUT2D eigenvalue weighted by atomic mass is 10.00. The quantitative estimate of drug-likeness (QED) is 0.916. The van der Waals surface area contributed by atoms with Gasteiger partial charge in [0.15, 0.2) is 11.5 Å². The minimum absolute atomic E-state index is 0.163. The molecule has 0 fully saturated rings. The van der Waals surface area contributed by atoms with E-state index in [1.54, 1.807) is 18.2 Å². The smallest absolute Gasteiger partial charge is 0.255 e.